The second-order valence-electron chi connectivity index (χ2n) is 3.49. The molecule has 0 bridgehead atoms. The Labute approximate surface area is 97.5 Å². The number of alkyl halides is 1. The van der Waals surface area contributed by atoms with Gasteiger partial charge in [0.1, 0.15) is 15.7 Å². The maximum atomic E-state index is 13.2. The zero-order valence-corrected chi connectivity index (χ0v) is 10.7. The Hall–Kier alpha value is -0.420. The molecule has 2 nitrogen and oxygen atoms in total. The van der Waals surface area contributed by atoms with E-state index < -0.39 is 9.84 Å². The molecule has 0 heterocycles. The van der Waals surface area contributed by atoms with Crippen molar-refractivity contribution >= 4 is 25.8 Å². The minimum atomic E-state index is -3.03. The molecule has 0 saturated carbocycles. The summed E-state index contributed by atoms with van der Waals surface area (Å²) >= 11 is 3.24. The van der Waals surface area contributed by atoms with Gasteiger partial charge >= 0.3 is 0 Å². The molecule has 0 saturated heterocycles. The maximum Gasteiger partial charge on any atom is 0.148 e. The molecule has 0 spiro atoms. The predicted octanol–water partition coefficient (Wildman–Crippen LogP) is 2.18. The summed E-state index contributed by atoms with van der Waals surface area (Å²) in [5.41, 5.74) is 0.531. The average molecular weight is 295 g/mol. The summed E-state index contributed by atoms with van der Waals surface area (Å²) in [7, 11) is -3.03. The first-order valence-corrected chi connectivity index (χ1v) is 7.41. The van der Waals surface area contributed by atoms with Crippen LogP contribution < -0.4 is 0 Å². The van der Waals surface area contributed by atoms with E-state index in [2.05, 4.69) is 15.9 Å². The van der Waals surface area contributed by atoms with Gasteiger partial charge in [0.25, 0.3) is 0 Å². The Morgan fingerprint density at radius 1 is 1.40 bits per heavy atom. The fourth-order valence-corrected chi connectivity index (χ4v) is 3.85. The van der Waals surface area contributed by atoms with Crippen LogP contribution in [0.25, 0.3) is 0 Å². The SMILES string of the molecule is CS(=O)(=O)CC(Br)Cc1ccccc1F. The smallest absolute Gasteiger partial charge is 0.148 e. The number of halogens is 2. The maximum absolute atomic E-state index is 13.2. The molecule has 0 aliphatic rings. The van der Waals surface area contributed by atoms with E-state index in [1.807, 2.05) is 0 Å². The van der Waals surface area contributed by atoms with Gasteiger partial charge in [0.15, 0.2) is 0 Å². The molecule has 0 aliphatic heterocycles. The summed E-state index contributed by atoms with van der Waals surface area (Å²) in [6.07, 6.45) is 1.54. The van der Waals surface area contributed by atoms with Gasteiger partial charge in [0, 0.05) is 11.1 Å². The van der Waals surface area contributed by atoms with Crippen LogP contribution >= 0.6 is 15.9 Å². The minimum Gasteiger partial charge on any atom is -0.229 e. The van der Waals surface area contributed by atoms with E-state index in [1.54, 1.807) is 18.2 Å². The quantitative estimate of drug-likeness (QED) is 0.798. The first-order chi connectivity index (χ1) is 6.88. The van der Waals surface area contributed by atoms with Crippen LogP contribution in [0.4, 0.5) is 4.39 Å². The van der Waals surface area contributed by atoms with Crippen molar-refractivity contribution < 1.29 is 12.8 Å². The third kappa shape index (κ3) is 4.75. The van der Waals surface area contributed by atoms with Gasteiger partial charge in [-0.3, -0.25) is 0 Å². The summed E-state index contributed by atoms with van der Waals surface area (Å²) < 4.78 is 35.2. The first-order valence-electron chi connectivity index (χ1n) is 4.43. The summed E-state index contributed by atoms with van der Waals surface area (Å²) in [6, 6.07) is 6.37. The van der Waals surface area contributed by atoms with E-state index in [-0.39, 0.29) is 16.4 Å². The van der Waals surface area contributed by atoms with Gasteiger partial charge in [0.2, 0.25) is 0 Å². The van der Waals surface area contributed by atoms with Gasteiger partial charge in [-0.1, -0.05) is 34.1 Å². The third-order valence-electron chi connectivity index (χ3n) is 1.88. The van der Waals surface area contributed by atoms with Crippen molar-refractivity contribution in [2.45, 2.75) is 11.2 Å². The molecule has 0 aromatic heterocycles. The second kappa shape index (κ2) is 5.07. The third-order valence-corrected chi connectivity index (χ3v) is 3.97. The Morgan fingerprint density at radius 2 is 2.00 bits per heavy atom. The fraction of sp³-hybridized carbons (Fsp3) is 0.400. The summed E-state index contributed by atoms with van der Waals surface area (Å²) in [6.45, 7) is 0. The molecule has 0 fully saturated rings. The Morgan fingerprint density at radius 3 is 2.53 bits per heavy atom. The largest absolute Gasteiger partial charge is 0.229 e. The lowest BCUT2D eigenvalue weighted by molar-refractivity contribution is 0.595. The molecule has 0 amide bonds. The van der Waals surface area contributed by atoms with Crippen LogP contribution in [0.5, 0.6) is 0 Å². The lowest BCUT2D eigenvalue weighted by Gasteiger charge is -2.08. The van der Waals surface area contributed by atoms with Crippen molar-refractivity contribution in [1.29, 1.82) is 0 Å². The van der Waals surface area contributed by atoms with Crippen molar-refractivity contribution in [3.05, 3.63) is 35.6 Å². The molecule has 15 heavy (non-hydrogen) atoms. The van der Waals surface area contributed by atoms with Crippen LogP contribution in [0.3, 0.4) is 0 Å². The molecular formula is C10H12BrFO2S. The zero-order chi connectivity index (χ0) is 11.5. The van der Waals surface area contributed by atoms with Crippen LogP contribution in [0, 0.1) is 5.82 Å². The van der Waals surface area contributed by atoms with E-state index in [9.17, 15) is 12.8 Å². The molecule has 0 radical (unpaired) electrons. The van der Waals surface area contributed by atoms with E-state index >= 15 is 0 Å². The van der Waals surface area contributed by atoms with Gasteiger partial charge in [-0.05, 0) is 18.1 Å². The molecule has 1 atom stereocenters. The van der Waals surface area contributed by atoms with Crippen LogP contribution in [0.1, 0.15) is 5.56 Å². The number of rotatable bonds is 4. The van der Waals surface area contributed by atoms with Gasteiger partial charge < -0.3 is 0 Å². The highest BCUT2D eigenvalue weighted by Crippen LogP contribution is 2.14. The highest BCUT2D eigenvalue weighted by molar-refractivity contribution is 9.09. The number of hydrogen-bond acceptors (Lipinski definition) is 2. The predicted molar refractivity (Wildman–Crippen MR) is 62.5 cm³/mol. The molecular weight excluding hydrogens is 283 g/mol. The standard InChI is InChI=1S/C10H12BrFO2S/c1-15(13,14)7-9(11)6-8-4-2-3-5-10(8)12/h2-5,9H,6-7H2,1H3. The molecule has 84 valence electrons. The van der Waals surface area contributed by atoms with Gasteiger partial charge in [-0.25, -0.2) is 12.8 Å². The van der Waals surface area contributed by atoms with Crippen LogP contribution in [0.15, 0.2) is 24.3 Å². The highest BCUT2D eigenvalue weighted by atomic mass is 79.9. The summed E-state index contributed by atoms with van der Waals surface area (Å²) in [5.74, 6) is -0.281. The molecule has 1 aromatic rings. The van der Waals surface area contributed by atoms with E-state index in [0.717, 1.165) is 0 Å². The molecule has 1 aromatic carbocycles. The highest BCUT2D eigenvalue weighted by Gasteiger charge is 2.14. The van der Waals surface area contributed by atoms with Crippen molar-refractivity contribution in [1.82, 2.24) is 0 Å². The Balaban J connectivity index is 2.67. The normalized spacial score (nSPS) is 13.8. The van der Waals surface area contributed by atoms with E-state index in [0.29, 0.717) is 12.0 Å². The fourth-order valence-electron chi connectivity index (χ4n) is 1.29. The molecule has 1 unspecified atom stereocenters. The van der Waals surface area contributed by atoms with Crippen molar-refractivity contribution in [3.8, 4) is 0 Å². The summed E-state index contributed by atoms with van der Waals surface area (Å²) in [5, 5.41) is 0. The van der Waals surface area contributed by atoms with Gasteiger partial charge in [0.05, 0.1) is 5.75 Å². The minimum absolute atomic E-state index is 0.0152. The molecule has 0 aliphatic carbocycles. The van der Waals surface area contributed by atoms with Crippen molar-refractivity contribution in [2.75, 3.05) is 12.0 Å². The van der Waals surface area contributed by atoms with E-state index in [1.165, 1.54) is 12.3 Å². The van der Waals surface area contributed by atoms with Gasteiger partial charge in [-0.15, -0.1) is 0 Å². The number of hydrogen-bond donors (Lipinski definition) is 0. The first kappa shape index (κ1) is 12.6. The summed E-state index contributed by atoms with van der Waals surface area (Å²) in [4.78, 5) is -0.246. The molecule has 1 rings (SSSR count). The Kier molecular flexibility index (Phi) is 4.28. The zero-order valence-electron chi connectivity index (χ0n) is 8.28. The van der Waals surface area contributed by atoms with Crippen LogP contribution in [-0.2, 0) is 16.3 Å². The monoisotopic (exact) mass is 294 g/mol. The lowest BCUT2D eigenvalue weighted by atomic mass is 10.1. The number of sulfone groups is 1. The average Bonchev–Trinajstić information content (AvgIpc) is 2.05. The van der Waals surface area contributed by atoms with Crippen molar-refractivity contribution in [3.63, 3.8) is 0 Å². The van der Waals surface area contributed by atoms with E-state index in [4.69, 9.17) is 0 Å². The Bertz CT molecular complexity index is 431. The topological polar surface area (TPSA) is 34.1 Å². The van der Waals surface area contributed by atoms with Crippen molar-refractivity contribution in [2.24, 2.45) is 0 Å². The second-order valence-corrected chi connectivity index (χ2v) is 6.97. The van der Waals surface area contributed by atoms with Gasteiger partial charge in [-0.2, -0.15) is 0 Å². The lowest BCUT2D eigenvalue weighted by Crippen LogP contribution is -2.17. The number of benzene rings is 1. The van der Waals surface area contributed by atoms with Crippen LogP contribution in [0.2, 0.25) is 0 Å². The molecule has 0 N–H and O–H groups in total. The van der Waals surface area contributed by atoms with Crippen LogP contribution in [-0.4, -0.2) is 25.3 Å². The molecule has 5 heteroatoms.